The van der Waals surface area contributed by atoms with Gasteiger partial charge in [0.2, 0.25) is 5.91 Å². The summed E-state index contributed by atoms with van der Waals surface area (Å²) < 4.78 is 0. The number of aryl methyl sites for hydroxylation is 2. The Kier molecular flexibility index (Phi) is 9.99. The molecule has 0 fully saturated rings. The highest BCUT2D eigenvalue weighted by Gasteiger charge is 2.25. The number of aliphatic hydroxyl groups is 1. The molecule has 0 aromatic heterocycles. The van der Waals surface area contributed by atoms with E-state index in [9.17, 15) is 19.5 Å². The van der Waals surface area contributed by atoms with Crippen LogP contribution < -0.4 is 21.4 Å². The van der Waals surface area contributed by atoms with Crippen LogP contribution in [0.5, 0.6) is 0 Å². The lowest BCUT2D eigenvalue weighted by atomic mass is 10.0. The van der Waals surface area contributed by atoms with Gasteiger partial charge in [0.15, 0.2) is 0 Å². The van der Waals surface area contributed by atoms with Crippen LogP contribution in [-0.4, -0.2) is 52.8 Å². The van der Waals surface area contributed by atoms with E-state index in [0.717, 1.165) is 29.7 Å². The predicted molar refractivity (Wildman–Crippen MR) is 125 cm³/mol. The largest absolute Gasteiger partial charge is 0.391 e. The normalized spacial score (nSPS) is 12.7. The lowest BCUT2D eigenvalue weighted by Crippen LogP contribution is -2.51. The number of hydrogen-bond donors (Lipinski definition) is 6. The molecule has 0 heterocycles. The van der Waals surface area contributed by atoms with Crippen molar-refractivity contribution in [1.82, 2.24) is 16.1 Å². The summed E-state index contributed by atoms with van der Waals surface area (Å²) in [6, 6.07) is 13.6. The van der Waals surface area contributed by atoms with Crippen LogP contribution in [0.2, 0.25) is 0 Å². The molecule has 2 unspecified atom stereocenters. The van der Waals surface area contributed by atoms with Crippen molar-refractivity contribution in [3.63, 3.8) is 0 Å². The van der Waals surface area contributed by atoms with E-state index in [1.165, 1.54) is 12.4 Å². The molecule has 0 radical (unpaired) electrons. The van der Waals surface area contributed by atoms with Crippen molar-refractivity contribution in [2.24, 2.45) is 0 Å². The maximum Gasteiger partial charge on any atom is 0.268 e. The first-order valence-corrected chi connectivity index (χ1v) is 10.8. The molecule has 0 aliphatic carbocycles. The van der Waals surface area contributed by atoms with Gasteiger partial charge in [-0.3, -0.25) is 19.6 Å². The third-order valence-electron chi connectivity index (χ3n) is 4.99. The van der Waals surface area contributed by atoms with E-state index in [4.69, 9.17) is 5.21 Å². The van der Waals surface area contributed by atoms with Gasteiger partial charge >= 0.3 is 0 Å². The van der Waals surface area contributed by atoms with Crippen molar-refractivity contribution in [1.29, 1.82) is 0 Å². The molecular weight excluding hydrogens is 424 g/mol. The number of hydroxylamine groups is 1. The summed E-state index contributed by atoms with van der Waals surface area (Å²) in [6.07, 6.45) is 0.377. The van der Waals surface area contributed by atoms with E-state index in [-0.39, 0.29) is 18.5 Å². The molecule has 2 atom stereocenters. The fraction of sp³-hybridized carbons (Fsp3) is 0.375. The number of amides is 3. The second kappa shape index (κ2) is 12.7. The molecule has 0 spiro atoms. The Morgan fingerprint density at radius 1 is 0.879 bits per heavy atom. The second-order valence-electron chi connectivity index (χ2n) is 8.15. The number of rotatable bonds is 11. The molecule has 2 aromatic carbocycles. The number of aliphatic hydroxyl groups excluding tert-OH is 1. The zero-order valence-corrected chi connectivity index (χ0v) is 19.1. The minimum absolute atomic E-state index is 0.0858. The predicted octanol–water partition coefficient (Wildman–Crippen LogP) is 1.39. The molecule has 33 heavy (non-hydrogen) atoms. The molecule has 0 saturated carbocycles. The maximum absolute atomic E-state index is 12.3. The molecule has 3 amide bonds. The lowest BCUT2D eigenvalue weighted by Gasteiger charge is -2.19. The SMILES string of the molecule is CC(C)NCC(=O)Nc1ccc(CCc2ccc(C(=O)NC(C(=O)NO)C(C)O)cc2)cc1. The van der Waals surface area contributed by atoms with Gasteiger partial charge in [0.05, 0.1) is 12.6 Å². The van der Waals surface area contributed by atoms with Crippen LogP contribution in [0.15, 0.2) is 48.5 Å². The van der Waals surface area contributed by atoms with Crippen LogP contribution in [0.25, 0.3) is 0 Å². The fourth-order valence-corrected chi connectivity index (χ4v) is 3.07. The van der Waals surface area contributed by atoms with Crippen molar-refractivity contribution in [2.75, 3.05) is 11.9 Å². The Morgan fingerprint density at radius 3 is 1.91 bits per heavy atom. The number of hydrogen-bond acceptors (Lipinski definition) is 6. The zero-order chi connectivity index (χ0) is 24.4. The van der Waals surface area contributed by atoms with Crippen LogP contribution in [0.3, 0.4) is 0 Å². The lowest BCUT2D eigenvalue weighted by molar-refractivity contribution is -0.133. The van der Waals surface area contributed by atoms with E-state index in [0.29, 0.717) is 5.56 Å². The summed E-state index contributed by atoms with van der Waals surface area (Å²) in [5, 5.41) is 26.7. The van der Waals surface area contributed by atoms with Gasteiger partial charge in [0.1, 0.15) is 6.04 Å². The first kappa shape index (κ1) is 26.0. The molecule has 0 bridgehead atoms. The molecular formula is C24H32N4O5. The minimum atomic E-state index is -1.26. The van der Waals surface area contributed by atoms with Crippen molar-refractivity contribution >= 4 is 23.4 Å². The van der Waals surface area contributed by atoms with Crippen molar-refractivity contribution in [3.8, 4) is 0 Å². The smallest absolute Gasteiger partial charge is 0.268 e. The van der Waals surface area contributed by atoms with Gasteiger partial charge in [-0.25, -0.2) is 5.48 Å². The first-order valence-electron chi connectivity index (χ1n) is 10.8. The second-order valence-corrected chi connectivity index (χ2v) is 8.15. The summed E-state index contributed by atoms with van der Waals surface area (Å²) in [7, 11) is 0. The Hall–Kier alpha value is -3.27. The van der Waals surface area contributed by atoms with E-state index >= 15 is 0 Å². The standard InChI is InChI=1S/C24H32N4O5/c1-15(2)25-14-21(30)26-20-12-8-18(9-13-20)5-4-17-6-10-19(11-7-17)23(31)27-22(16(3)29)24(32)28-33/h6-13,15-16,22,25,29,33H,4-5,14H2,1-3H3,(H,26,30)(H,27,31)(H,28,32). The number of carbonyl (C=O) groups excluding carboxylic acids is 3. The molecule has 0 aliphatic heterocycles. The summed E-state index contributed by atoms with van der Waals surface area (Å²) in [5.41, 5.74) is 4.66. The number of anilines is 1. The summed E-state index contributed by atoms with van der Waals surface area (Å²) >= 11 is 0. The summed E-state index contributed by atoms with van der Waals surface area (Å²) in [6.45, 7) is 5.57. The average Bonchev–Trinajstić information content (AvgIpc) is 2.80. The van der Waals surface area contributed by atoms with Crippen molar-refractivity contribution < 1.29 is 24.7 Å². The molecule has 178 valence electrons. The van der Waals surface area contributed by atoms with Crippen molar-refractivity contribution in [3.05, 3.63) is 65.2 Å². The number of carbonyl (C=O) groups is 3. The zero-order valence-electron chi connectivity index (χ0n) is 19.1. The third kappa shape index (κ3) is 8.64. The minimum Gasteiger partial charge on any atom is -0.391 e. The highest BCUT2D eigenvalue weighted by molar-refractivity contribution is 5.97. The Balaban J connectivity index is 1.87. The van der Waals surface area contributed by atoms with Crippen LogP contribution in [0, 0.1) is 0 Å². The molecule has 9 nitrogen and oxygen atoms in total. The van der Waals surface area contributed by atoms with Gasteiger partial charge in [-0.1, -0.05) is 38.1 Å². The maximum atomic E-state index is 12.3. The highest BCUT2D eigenvalue weighted by atomic mass is 16.5. The summed E-state index contributed by atoms with van der Waals surface area (Å²) in [5.74, 6) is -1.51. The highest BCUT2D eigenvalue weighted by Crippen LogP contribution is 2.13. The number of nitrogens with one attached hydrogen (secondary N) is 4. The van der Waals surface area contributed by atoms with E-state index < -0.39 is 24.0 Å². The monoisotopic (exact) mass is 456 g/mol. The Labute approximate surface area is 193 Å². The van der Waals surface area contributed by atoms with Gasteiger partial charge in [-0.2, -0.15) is 0 Å². The third-order valence-corrected chi connectivity index (χ3v) is 4.99. The van der Waals surface area contributed by atoms with E-state index in [1.807, 2.05) is 50.2 Å². The first-order chi connectivity index (χ1) is 15.7. The fourth-order valence-electron chi connectivity index (χ4n) is 3.07. The van der Waals surface area contributed by atoms with Crippen LogP contribution in [-0.2, 0) is 22.4 Å². The summed E-state index contributed by atoms with van der Waals surface area (Å²) in [4.78, 5) is 35.8. The van der Waals surface area contributed by atoms with Crippen LogP contribution in [0.1, 0.15) is 42.3 Å². The quantitative estimate of drug-likeness (QED) is 0.223. The average molecular weight is 457 g/mol. The molecule has 0 saturated heterocycles. The van der Waals surface area contributed by atoms with Crippen LogP contribution in [0.4, 0.5) is 5.69 Å². The van der Waals surface area contributed by atoms with Crippen molar-refractivity contribution in [2.45, 2.75) is 51.8 Å². The van der Waals surface area contributed by atoms with Gasteiger partial charge in [-0.05, 0) is 55.2 Å². The van der Waals surface area contributed by atoms with Crippen LogP contribution >= 0.6 is 0 Å². The molecule has 2 aromatic rings. The molecule has 0 aliphatic rings. The van der Waals surface area contributed by atoms with Gasteiger partial charge in [0, 0.05) is 17.3 Å². The number of benzene rings is 2. The van der Waals surface area contributed by atoms with E-state index in [2.05, 4.69) is 16.0 Å². The molecule has 9 heteroatoms. The Morgan fingerprint density at radius 2 is 1.42 bits per heavy atom. The van der Waals surface area contributed by atoms with E-state index in [1.54, 1.807) is 12.1 Å². The topological polar surface area (TPSA) is 140 Å². The Bertz CT molecular complexity index is 927. The van der Waals surface area contributed by atoms with Gasteiger partial charge < -0.3 is 21.1 Å². The van der Waals surface area contributed by atoms with Gasteiger partial charge in [-0.15, -0.1) is 0 Å². The molecule has 6 N–H and O–H groups in total. The van der Waals surface area contributed by atoms with Gasteiger partial charge in [0.25, 0.3) is 11.8 Å². The molecule has 2 rings (SSSR count).